The van der Waals surface area contributed by atoms with E-state index in [4.69, 9.17) is 11.6 Å². The number of rotatable bonds is 3. The number of halogens is 1. The molecule has 1 saturated heterocycles. The van der Waals surface area contributed by atoms with Crippen molar-refractivity contribution in [3.05, 3.63) is 27.5 Å². The summed E-state index contributed by atoms with van der Waals surface area (Å²) in [6.07, 6.45) is 4.65. The van der Waals surface area contributed by atoms with E-state index in [0.29, 0.717) is 10.7 Å². The van der Waals surface area contributed by atoms with Gasteiger partial charge in [0.25, 0.3) is 0 Å². The van der Waals surface area contributed by atoms with Crippen molar-refractivity contribution in [1.29, 1.82) is 0 Å². The lowest BCUT2D eigenvalue weighted by Gasteiger charge is -2.23. The molecule has 0 amide bonds. The summed E-state index contributed by atoms with van der Waals surface area (Å²) in [5.74, 6) is 2.16. The highest BCUT2D eigenvalue weighted by Crippen LogP contribution is 2.33. The first kappa shape index (κ1) is 12.4. The van der Waals surface area contributed by atoms with Crippen molar-refractivity contribution in [3.63, 3.8) is 0 Å². The monoisotopic (exact) mass is 273 g/mol. The Kier molecular flexibility index (Phi) is 4.06. The second kappa shape index (κ2) is 5.55. The molecule has 0 atom stereocenters. The average molecular weight is 274 g/mol. The topological polar surface area (TPSA) is 68.1 Å². The Balaban J connectivity index is 2.21. The van der Waals surface area contributed by atoms with Gasteiger partial charge in [0.1, 0.15) is 11.9 Å². The third kappa shape index (κ3) is 3.01. The Morgan fingerprint density at radius 3 is 2.82 bits per heavy atom. The summed E-state index contributed by atoms with van der Waals surface area (Å²) in [4.78, 5) is 14.2. The second-order valence-corrected chi connectivity index (χ2v) is 5.44. The smallest absolute Gasteiger partial charge is 0.311 e. The van der Waals surface area contributed by atoms with Gasteiger partial charge in [0, 0.05) is 12.2 Å². The van der Waals surface area contributed by atoms with Crippen LogP contribution in [-0.2, 0) is 0 Å². The van der Waals surface area contributed by atoms with E-state index in [1.807, 2.05) is 11.8 Å². The van der Waals surface area contributed by atoms with E-state index in [-0.39, 0.29) is 11.7 Å². The maximum atomic E-state index is 10.9. The van der Waals surface area contributed by atoms with E-state index in [9.17, 15) is 10.1 Å². The lowest BCUT2D eigenvalue weighted by molar-refractivity contribution is -0.384. The molecule has 0 unspecified atom stereocenters. The molecule has 1 N–H and O–H groups in total. The third-order valence-corrected chi connectivity index (χ3v) is 3.98. The fourth-order valence-electron chi connectivity index (χ4n) is 1.75. The van der Waals surface area contributed by atoms with Gasteiger partial charge in [0.2, 0.25) is 0 Å². The van der Waals surface area contributed by atoms with Gasteiger partial charge in [-0.1, -0.05) is 11.6 Å². The van der Waals surface area contributed by atoms with Gasteiger partial charge >= 0.3 is 5.69 Å². The van der Waals surface area contributed by atoms with E-state index in [0.717, 1.165) is 24.3 Å². The molecule has 92 valence electrons. The minimum absolute atomic E-state index is 0.0595. The molecular formula is C10H12ClN3O2S. The summed E-state index contributed by atoms with van der Waals surface area (Å²) >= 11 is 7.86. The highest BCUT2D eigenvalue weighted by atomic mass is 35.5. The molecular weight excluding hydrogens is 262 g/mol. The molecule has 0 bridgehead atoms. The van der Waals surface area contributed by atoms with Crippen molar-refractivity contribution < 1.29 is 4.92 Å². The summed E-state index contributed by atoms with van der Waals surface area (Å²) in [6, 6.07) is 0.259. The molecule has 2 heterocycles. The summed E-state index contributed by atoms with van der Waals surface area (Å²) in [5, 5.41) is 14.4. The average Bonchev–Trinajstić information content (AvgIpc) is 2.33. The molecule has 0 aromatic carbocycles. The number of thioether (sulfide) groups is 1. The maximum Gasteiger partial charge on any atom is 0.311 e. The molecule has 2 rings (SSSR count). The van der Waals surface area contributed by atoms with Crippen LogP contribution in [0.2, 0.25) is 5.02 Å². The quantitative estimate of drug-likeness (QED) is 0.677. The minimum atomic E-state index is -0.460. The number of hydrogen-bond acceptors (Lipinski definition) is 5. The Bertz CT molecular complexity index is 424. The Morgan fingerprint density at radius 1 is 1.47 bits per heavy atom. The zero-order valence-corrected chi connectivity index (χ0v) is 10.6. The van der Waals surface area contributed by atoms with Gasteiger partial charge < -0.3 is 5.32 Å². The number of anilines is 1. The number of nitro groups is 1. The van der Waals surface area contributed by atoms with Crippen LogP contribution < -0.4 is 5.32 Å². The molecule has 1 aliphatic heterocycles. The number of nitrogens with one attached hydrogen (secondary N) is 1. The van der Waals surface area contributed by atoms with Gasteiger partial charge in [-0.15, -0.1) is 0 Å². The Labute approximate surface area is 108 Å². The van der Waals surface area contributed by atoms with Crippen molar-refractivity contribution in [2.24, 2.45) is 0 Å². The molecule has 7 heteroatoms. The maximum absolute atomic E-state index is 10.9. The van der Waals surface area contributed by atoms with Crippen LogP contribution in [0.4, 0.5) is 11.4 Å². The molecule has 1 aliphatic rings. The predicted octanol–water partition coefficient (Wildman–Crippen LogP) is 2.95. The molecule has 0 radical (unpaired) electrons. The summed E-state index contributed by atoms with van der Waals surface area (Å²) in [7, 11) is 0. The van der Waals surface area contributed by atoms with E-state index >= 15 is 0 Å². The molecule has 1 aromatic heterocycles. The van der Waals surface area contributed by atoms with E-state index in [1.165, 1.54) is 12.4 Å². The van der Waals surface area contributed by atoms with Gasteiger partial charge in [0.15, 0.2) is 0 Å². The highest BCUT2D eigenvalue weighted by molar-refractivity contribution is 7.99. The van der Waals surface area contributed by atoms with Crippen molar-refractivity contribution in [2.75, 3.05) is 16.8 Å². The predicted molar refractivity (Wildman–Crippen MR) is 69.9 cm³/mol. The van der Waals surface area contributed by atoms with Gasteiger partial charge in [-0.25, -0.2) is 0 Å². The summed E-state index contributed by atoms with van der Waals surface area (Å²) < 4.78 is 0. The fraction of sp³-hybridized carbons (Fsp3) is 0.500. The Hall–Kier alpha value is -1.01. The molecule has 1 fully saturated rings. The molecule has 5 nitrogen and oxygen atoms in total. The van der Waals surface area contributed by atoms with Crippen molar-refractivity contribution in [1.82, 2.24) is 4.98 Å². The molecule has 0 aliphatic carbocycles. The van der Waals surface area contributed by atoms with Crippen LogP contribution in [0.15, 0.2) is 12.4 Å². The molecule has 1 aromatic rings. The second-order valence-electron chi connectivity index (χ2n) is 3.80. The van der Waals surface area contributed by atoms with Crippen molar-refractivity contribution in [2.45, 2.75) is 18.9 Å². The number of aromatic nitrogens is 1. The zero-order valence-electron chi connectivity index (χ0n) is 9.06. The van der Waals surface area contributed by atoms with E-state index in [1.54, 1.807) is 0 Å². The van der Waals surface area contributed by atoms with Crippen LogP contribution in [0.3, 0.4) is 0 Å². The van der Waals surface area contributed by atoms with Gasteiger partial charge in [-0.2, -0.15) is 11.8 Å². The minimum Gasteiger partial charge on any atom is -0.375 e. The van der Waals surface area contributed by atoms with Crippen LogP contribution in [0.25, 0.3) is 0 Å². The van der Waals surface area contributed by atoms with Crippen LogP contribution in [0.5, 0.6) is 0 Å². The number of hydrogen-bond donors (Lipinski definition) is 1. The highest BCUT2D eigenvalue weighted by Gasteiger charge is 2.21. The molecule has 17 heavy (non-hydrogen) atoms. The van der Waals surface area contributed by atoms with E-state index < -0.39 is 4.92 Å². The van der Waals surface area contributed by atoms with Gasteiger partial charge in [0.05, 0.1) is 9.95 Å². The van der Waals surface area contributed by atoms with Crippen LogP contribution in [0, 0.1) is 10.1 Å². The third-order valence-electron chi connectivity index (χ3n) is 2.65. The first-order valence-corrected chi connectivity index (χ1v) is 6.84. The summed E-state index contributed by atoms with van der Waals surface area (Å²) in [5.41, 5.74) is 0.333. The molecule has 0 saturated carbocycles. The lowest BCUT2D eigenvalue weighted by atomic mass is 10.1. The number of pyridine rings is 1. The Morgan fingerprint density at radius 2 is 2.18 bits per heavy atom. The van der Waals surface area contributed by atoms with E-state index in [2.05, 4.69) is 10.3 Å². The lowest BCUT2D eigenvalue weighted by Crippen LogP contribution is -2.25. The van der Waals surface area contributed by atoms with Crippen molar-refractivity contribution >= 4 is 34.7 Å². The SMILES string of the molecule is O=[N+]([O-])c1cncc(Cl)c1NC1CCSCC1. The van der Waals surface area contributed by atoms with Crippen LogP contribution in [0.1, 0.15) is 12.8 Å². The number of nitrogens with zero attached hydrogens (tertiary/aromatic N) is 2. The van der Waals surface area contributed by atoms with Gasteiger partial charge in [-0.3, -0.25) is 15.1 Å². The van der Waals surface area contributed by atoms with Crippen LogP contribution in [-0.4, -0.2) is 27.5 Å². The summed E-state index contributed by atoms with van der Waals surface area (Å²) in [6.45, 7) is 0. The fourth-order valence-corrected chi connectivity index (χ4v) is 3.07. The standard InChI is InChI=1S/C10H12ClN3O2S/c11-8-5-12-6-9(14(15)16)10(8)13-7-1-3-17-4-2-7/h5-7H,1-4H2,(H,12,13). The van der Waals surface area contributed by atoms with Crippen LogP contribution >= 0.6 is 23.4 Å². The zero-order chi connectivity index (χ0) is 12.3. The first-order chi connectivity index (χ1) is 8.18. The molecule has 0 spiro atoms. The first-order valence-electron chi connectivity index (χ1n) is 5.30. The normalized spacial score (nSPS) is 16.8. The largest absolute Gasteiger partial charge is 0.375 e. The van der Waals surface area contributed by atoms with Crippen molar-refractivity contribution in [3.8, 4) is 0 Å². The van der Waals surface area contributed by atoms with Gasteiger partial charge in [-0.05, 0) is 24.3 Å².